The summed E-state index contributed by atoms with van der Waals surface area (Å²) in [5.74, 6) is 0. The van der Waals surface area contributed by atoms with Crippen LogP contribution in [0.4, 0.5) is 5.69 Å². The van der Waals surface area contributed by atoms with E-state index in [1.54, 1.807) is 11.8 Å². The Morgan fingerprint density at radius 2 is 1.95 bits per heavy atom. The number of hydrogen-bond acceptors (Lipinski definition) is 2. The third-order valence-corrected chi connectivity index (χ3v) is 4.54. The molecular weight excluding hydrogens is 274 g/mol. The zero-order valence-corrected chi connectivity index (χ0v) is 12.3. The van der Waals surface area contributed by atoms with E-state index in [-0.39, 0.29) is 0 Å². The number of hydrogen-bond donors (Lipinski definition) is 0. The first-order valence-electron chi connectivity index (χ1n) is 6.42. The summed E-state index contributed by atoms with van der Waals surface area (Å²) >= 11 is 8.12. The van der Waals surface area contributed by atoms with Crippen LogP contribution >= 0.6 is 23.4 Å². The van der Waals surface area contributed by atoms with Crippen LogP contribution in [-0.2, 0) is 6.42 Å². The van der Waals surface area contributed by atoms with Gasteiger partial charge in [-0.3, -0.25) is 0 Å². The van der Waals surface area contributed by atoms with E-state index in [4.69, 9.17) is 11.6 Å². The zero-order chi connectivity index (χ0) is 13.2. The minimum absolute atomic E-state index is 0.588. The highest BCUT2D eigenvalue weighted by Gasteiger charge is 2.16. The molecule has 0 atom stereocenters. The van der Waals surface area contributed by atoms with Crippen LogP contribution in [0.25, 0.3) is 0 Å². The molecule has 2 aromatic carbocycles. The van der Waals surface area contributed by atoms with Crippen LogP contribution in [0.15, 0.2) is 57.2 Å². The second kappa shape index (κ2) is 5.40. The molecule has 2 aromatic rings. The molecule has 0 radical (unpaired) electrons. The number of aryl methyl sites for hydroxylation is 1. The normalized spacial score (nSPS) is 13.3. The third-order valence-electron chi connectivity index (χ3n) is 3.11. The zero-order valence-electron chi connectivity index (χ0n) is 10.7. The first kappa shape index (κ1) is 12.8. The summed E-state index contributed by atoms with van der Waals surface area (Å²) in [5.41, 5.74) is 3.32. The van der Waals surface area contributed by atoms with Crippen molar-refractivity contribution in [3.63, 3.8) is 0 Å². The molecule has 0 aromatic heterocycles. The van der Waals surface area contributed by atoms with Gasteiger partial charge in [-0.15, -0.1) is 0 Å². The van der Waals surface area contributed by atoms with Gasteiger partial charge in [0.1, 0.15) is 5.17 Å². The van der Waals surface area contributed by atoms with Gasteiger partial charge in [0.15, 0.2) is 0 Å². The average Bonchev–Trinajstić information content (AvgIpc) is 2.56. The maximum atomic E-state index is 6.39. The second-order valence-corrected chi connectivity index (χ2v) is 5.99. The van der Waals surface area contributed by atoms with Crippen molar-refractivity contribution in [2.45, 2.75) is 29.6 Å². The summed E-state index contributed by atoms with van der Waals surface area (Å²) in [5, 5.41) is 0.588. The number of aliphatic imine (C=N–C) groups is 1. The largest absolute Gasteiger partial charge is 0.235 e. The number of para-hydroxylation sites is 1. The predicted molar refractivity (Wildman–Crippen MR) is 83.1 cm³/mol. The molecule has 0 amide bonds. The molecule has 0 aliphatic carbocycles. The van der Waals surface area contributed by atoms with Gasteiger partial charge in [0.25, 0.3) is 0 Å². The van der Waals surface area contributed by atoms with Crippen LogP contribution in [0.3, 0.4) is 0 Å². The summed E-state index contributed by atoms with van der Waals surface area (Å²) in [6, 6.07) is 14.6. The Kier molecular flexibility index (Phi) is 3.63. The monoisotopic (exact) mass is 287 g/mol. The summed E-state index contributed by atoms with van der Waals surface area (Å²) in [6.07, 6.45) is 2.22. The van der Waals surface area contributed by atoms with Crippen LogP contribution in [0, 0.1) is 0 Å². The van der Waals surface area contributed by atoms with E-state index in [2.05, 4.69) is 36.2 Å². The quantitative estimate of drug-likeness (QED) is 0.718. The topological polar surface area (TPSA) is 12.4 Å². The molecule has 0 unspecified atom stereocenters. The van der Waals surface area contributed by atoms with Crippen molar-refractivity contribution in [1.82, 2.24) is 0 Å². The molecule has 1 aliphatic heterocycles. The van der Waals surface area contributed by atoms with Gasteiger partial charge < -0.3 is 0 Å². The van der Waals surface area contributed by atoms with Crippen molar-refractivity contribution < 1.29 is 0 Å². The molecule has 0 bridgehead atoms. The smallest absolute Gasteiger partial charge is 0.138 e. The lowest BCUT2D eigenvalue weighted by atomic mass is 10.1. The standard InChI is InChI=1S/C16H14ClNS/c1-2-5-11-8-9-14-12(10-11)16(17)18-13-6-3-4-7-15(13)19-14/h3-4,6-10H,2,5H2,1H3. The van der Waals surface area contributed by atoms with Crippen molar-refractivity contribution >= 4 is 34.2 Å². The molecule has 1 aliphatic rings. The first-order chi connectivity index (χ1) is 9.28. The number of fused-ring (bicyclic) bond motifs is 2. The van der Waals surface area contributed by atoms with Crippen LogP contribution in [0.5, 0.6) is 0 Å². The van der Waals surface area contributed by atoms with Crippen LogP contribution in [0.1, 0.15) is 24.5 Å². The highest BCUT2D eigenvalue weighted by Crippen LogP contribution is 2.40. The van der Waals surface area contributed by atoms with Gasteiger partial charge in [0.05, 0.1) is 5.69 Å². The molecule has 0 N–H and O–H groups in total. The molecule has 3 rings (SSSR count). The van der Waals surface area contributed by atoms with Crippen molar-refractivity contribution in [3.05, 3.63) is 53.6 Å². The first-order valence-corrected chi connectivity index (χ1v) is 7.61. The second-order valence-electron chi connectivity index (χ2n) is 4.55. The van der Waals surface area contributed by atoms with Gasteiger partial charge in [-0.25, -0.2) is 4.99 Å². The Labute approximate surface area is 122 Å². The number of benzene rings is 2. The summed E-state index contributed by atoms with van der Waals surface area (Å²) in [4.78, 5) is 6.88. The van der Waals surface area contributed by atoms with Crippen molar-refractivity contribution in [2.75, 3.05) is 0 Å². The maximum absolute atomic E-state index is 6.39. The van der Waals surface area contributed by atoms with E-state index in [1.807, 2.05) is 18.2 Å². The molecule has 0 spiro atoms. The van der Waals surface area contributed by atoms with Gasteiger partial charge >= 0.3 is 0 Å². The third kappa shape index (κ3) is 2.56. The molecule has 96 valence electrons. The van der Waals surface area contributed by atoms with Gasteiger partial charge in [-0.2, -0.15) is 0 Å². The molecule has 3 heteroatoms. The highest BCUT2D eigenvalue weighted by atomic mass is 35.5. The van der Waals surface area contributed by atoms with Gasteiger partial charge in [0, 0.05) is 15.4 Å². The van der Waals surface area contributed by atoms with Gasteiger partial charge in [-0.1, -0.05) is 54.9 Å². The summed E-state index contributed by atoms with van der Waals surface area (Å²) in [6.45, 7) is 2.19. The number of rotatable bonds is 2. The Balaban J connectivity index is 2.11. The lowest BCUT2D eigenvalue weighted by Gasteiger charge is -2.07. The molecule has 0 saturated heterocycles. The number of nitrogens with zero attached hydrogens (tertiary/aromatic N) is 1. The van der Waals surface area contributed by atoms with E-state index in [0.29, 0.717) is 5.17 Å². The Morgan fingerprint density at radius 3 is 2.79 bits per heavy atom. The minimum Gasteiger partial charge on any atom is -0.235 e. The molecule has 19 heavy (non-hydrogen) atoms. The fraction of sp³-hybridized carbons (Fsp3) is 0.188. The molecule has 0 saturated carbocycles. The van der Waals surface area contributed by atoms with E-state index in [1.165, 1.54) is 10.5 Å². The molecule has 0 fully saturated rings. The van der Waals surface area contributed by atoms with Crippen molar-refractivity contribution in [2.24, 2.45) is 4.99 Å². The van der Waals surface area contributed by atoms with Gasteiger partial charge in [0.2, 0.25) is 0 Å². The van der Waals surface area contributed by atoms with Crippen molar-refractivity contribution in [1.29, 1.82) is 0 Å². The van der Waals surface area contributed by atoms with E-state index < -0.39 is 0 Å². The molecule has 1 nitrogen and oxygen atoms in total. The van der Waals surface area contributed by atoms with Crippen LogP contribution in [-0.4, -0.2) is 5.17 Å². The number of halogens is 1. The minimum atomic E-state index is 0.588. The predicted octanol–water partition coefficient (Wildman–Crippen LogP) is 5.42. The Hall–Kier alpha value is -1.25. The van der Waals surface area contributed by atoms with Crippen molar-refractivity contribution in [3.8, 4) is 0 Å². The van der Waals surface area contributed by atoms with Crippen LogP contribution < -0.4 is 0 Å². The fourth-order valence-electron chi connectivity index (χ4n) is 2.19. The lowest BCUT2D eigenvalue weighted by molar-refractivity contribution is 0.919. The van der Waals surface area contributed by atoms with E-state index in [9.17, 15) is 0 Å². The molecular formula is C16H14ClNS. The average molecular weight is 288 g/mol. The maximum Gasteiger partial charge on any atom is 0.138 e. The van der Waals surface area contributed by atoms with E-state index >= 15 is 0 Å². The SMILES string of the molecule is CCCc1ccc2c(c1)C(Cl)=Nc1ccccc1S2. The molecule has 1 heterocycles. The fourth-order valence-corrected chi connectivity index (χ4v) is 3.50. The highest BCUT2D eigenvalue weighted by molar-refractivity contribution is 7.99. The van der Waals surface area contributed by atoms with Crippen LogP contribution in [0.2, 0.25) is 0 Å². The Bertz CT molecular complexity index is 649. The van der Waals surface area contributed by atoms with Gasteiger partial charge in [-0.05, 0) is 36.2 Å². The summed E-state index contributed by atoms with van der Waals surface area (Å²) in [7, 11) is 0. The summed E-state index contributed by atoms with van der Waals surface area (Å²) < 4.78 is 0. The Morgan fingerprint density at radius 1 is 1.11 bits per heavy atom. The lowest BCUT2D eigenvalue weighted by Crippen LogP contribution is -1.95. The van der Waals surface area contributed by atoms with E-state index in [0.717, 1.165) is 29.0 Å².